The first kappa shape index (κ1) is 19.7. The van der Waals surface area contributed by atoms with Crippen molar-refractivity contribution in [2.45, 2.75) is 26.8 Å². The third kappa shape index (κ3) is 3.67. The van der Waals surface area contributed by atoms with E-state index in [0.717, 1.165) is 0 Å². The van der Waals surface area contributed by atoms with Crippen LogP contribution in [0.1, 0.15) is 41.5 Å². The number of piperazine rings is 1. The fourth-order valence-electron chi connectivity index (χ4n) is 3.47. The number of nitrogens with zero attached hydrogens (tertiary/aromatic N) is 2. The summed E-state index contributed by atoms with van der Waals surface area (Å²) < 4.78 is 14.3. The molecule has 1 atom stereocenters. The molecule has 1 saturated heterocycles. The molecule has 28 heavy (non-hydrogen) atoms. The van der Waals surface area contributed by atoms with Crippen LogP contribution < -0.4 is 0 Å². The van der Waals surface area contributed by atoms with E-state index in [4.69, 9.17) is 0 Å². The molecule has 5 nitrogen and oxygen atoms in total. The molecular weight excluding hydrogens is 359 g/mol. The molecule has 2 aromatic rings. The summed E-state index contributed by atoms with van der Waals surface area (Å²) in [5, 5.41) is 0. The molecule has 146 valence electrons. The van der Waals surface area contributed by atoms with Gasteiger partial charge in [0, 0.05) is 36.3 Å². The predicted octanol–water partition coefficient (Wildman–Crippen LogP) is 3.39. The zero-order chi connectivity index (χ0) is 20.4. The van der Waals surface area contributed by atoms with E-state index in [1.807, 2.05) is 6.92 Å². The van der Waals surface area contributed by atoms with Crippen molar-refractivity contribution < 1.29 is 18.8 Å². The molecule has 1 heterocycles. The zero-order valence-corrected chi connectivity index (χ0v) is 16.2. The lowest BCUT2D eigenvalue weighted by Gasteiger charge is -2.38. The van der Waals surface area contributed by atoms with Gasteiger partial charge >= 0.3 is 0 Å². The Morgan fingerprint density at radius 1 is 1.11 bits per heavy atom. The van der Waals surface area contributed by atoms with Crippen LogP contribution in [0.5, 0.6) is 0 Å². The minimum Gasteiger partial charge on any atom is -0.339 e. The molecule has 0 unspecified atom stereocenters. The van der Waals surface area contributed by atoms with Gasteiger partial charge in [0.25, 0.3) is 5.91 Å². The van der Waals surface area contributed by atoms with Gasteiger partial charge in [0.15, 0.2) is 5.78 Å². The number of halogens is 1. The maximum atomic E-state index is 14.3. The average molecular weight is 382 g/mol. The largest absolute Gasteiger partial charge is 0.339 e. The Bertz CT molecular complexity index is 941. The number of rotatable bonds is 4. The second kappa shape index (κ2) is 7.92. The van der Waals surface area contributed by atoms with Crippen LogP contribution in [0, 0.1) is 5.82 Å². The molecule has 0 saturated carbocycles. The van der Waals surface area contributed by atoms with Crippen molar-refractivity contribution in [3.8, 4) is 11.1 Å². The molecule has 0 aliphatic carbocycles. The number of carbonyl (C=O) groups excluding carboxylic acids is 3. The van der Waals surface area contributed by atoms with Crippen molar-refractivity contribution >= 4 is 17.6 Å². The number of hydrogen-bond donors (Lipinski definition) is 0. The molecule has 2 amide bonds. The Morgan fingerprint density at radius 2 is 1.86 bits per heavy atom. The van der Waals surface area contributed by atoms with Crippen molar-refractivity contribution in [1.82, 2.24) is 9.80 Å². The Hall–Kier alpha value is -3.02. The molecule has 3 rings (SSSR count). The van der Waals surface area contributed by atoms with Crippen LogP contribution in [0.2, 0.25) is 0 Å². The summed E-state index contributed by atoms with van der Waals surface area (Å²) in [4.78, 5) is 40.3. The SMILES string of the molecule is CCN1CCN(C(=O)c2cccc(-c3cc(C(C)=O)ccc3F)c2)[C@H](C)C1=O. The fourth-order valence-corrected chi connectivity index (χ4v) is 3.47. The van der Waals surface area contributed by atoms with Gasteiger partial charge in [-0.3, -0.25) is 14.4 Å². The molecule has 1 aliphatic rings. The Morgan fingerprint density at radius 3 is 2.54 bits per heavy atom. The van der Waals surface area contributed by atoms with Crippen LogP contribution in [-0.2, 0) is 4.79 Å². The highest BCUT2D eigenvalue weighted by Gasteiger charge is 2.34. The number of Topliss-reactive ketones (excluding diaryl/α,β-unsaturated/α-hetero) is 1. The van der Waals surface area contributed by atoms with Gasteiger partial charge in [-0.05, 0) is 56.7 Å². The third-order valence-electron chi connectivity index (χ3n) is 5.18. The fraction of sp³-hybridized carbons (Fsp3) is 0.318. The highest BCUT2D eigenvalue weighted by Crippen LogP contribution is 2.26. The molecule has 0 aromatic heterocycles. The van der Waals surface area contributed by atoms with Crippen molar-refractivity contribution in [1.29, 1.82) is 0 Å². The van der Waals surface area contributed by atoms with E-state index in [-0.39, 0.29) is 23.2 Å². The van der Waals surface area contributed by atoms with Gasteiger partial charge in [0.05, 0.1) is 0 Å². The van der Waals surface area contributed by atoms with Crippen molar-refractivity contribution in [2.75, 3.05) is 19.6 Å². The lowest BCUT2D eigenvalue weighted by molar-refractivity contribution is -0.139. The molecule has 0 N–H and O–H groups in total. The van der Waals surface area contributed by atoms with Gasteiger partial charge < -0.3 is 9.80 Å². The quantitative estimate of drug-likeness (QED) is 0.762. The first-order chi connectivity index (χ1) is 13.3. The number of ketones is 1. The number of amides is 2. The van der Waals surface area contributed by atoms with E-state index in [9.17, 15) is 18.8 Å². The van der Waals surface area contributed by atoms with Crippen LogP contribution in [0.25, 0.3) is 11.1 Å². The van der Waals surface area contributed by atoms with Gasteiger partial charge in [-0.1, -0.05) is 12.1 Å². The lowest BCUT2D eigenvalue weighted by Crippen LogP contribution is -2.57. The minimum atomic E-state index is -0.539. The van der Waals surface area contributed by atoms with Gasteiger partial charge in [0.2, 0.25) is 5.91 Å². The first-order valence-electron chi connectivity index (χ1n) is 9.34. The highest BCUT2D eigenvalue weighted by atomic mass is 19.1. The minimum absolute atomic E-state index is 0.0709. The Balaban J connectivity index is 1.92. The van der Waals surface area contributed by atoms with Crippen molar-refractivity contribution in [3.63, 3.8) is 0 Å². The lowest BCUT2D eigenvalue weighted by atomic mass is 9.98. The molecular formula is C22H23FN2O3. The highest BCUT2D eigenvalue weighted by molar-refractivity contribution is 5.99. The second-order valence-corrected chi connectivity index (χ2v) is 6.92. The van der Waals surface area contributed by atoms with Gasteiger partial charge in [0.1, 0.15) is 11.9 Å². The van der Waals surface area contributed by atoms with E-state index in [2.05, 4.69) is 0 Å². The predicted molar refractivity (Wildman–Crippen MR) is 105 cm³/mol. The second-order valence-electron chi connectivity index (χ2n) is 6.92. The monoisotopic (exact) mass is 382 g/mol. The number of benzene rings is 2. The third-order valence-corrected chi connectivity index (χ3v) is 5.18. The first-order valence-corrected chi connectivity index (χ1v) is 9.34. The van der Waals surface area contributed by atoms with E-state index in [1.54, 1.807) is 41.0 Å². The van der Waals surface area contributed by atoms with Crippen molar-refractivity contribution in [3.05, 3.63) is 59.4 Å². The van der Waals surface area contributed by atoms with E-state index in [1.165, 1.54) is 25.1 Å². The maximum absolute atomic E-state index is 14.3. The Labute approximate surface area is 163 Å². The summed E-state index contributed by atoms with van der Waals surface area (Å²) in [7, 11) is 0. The summed E-state index contributed by atoms with van der Waals surface area (Å²) in [6.45, 7) is 6.63. The zero-order valence-electron chi connectivity index (χ0n) is 16.2. The topological polar surface area (TPSA) is 57.7 Å². The number of hydrogen-bond acceptors (Lipinski definition) is 3. The summed E-state index contributed by atoms with van der Waals surface area (Å²) in [6.07, 6.45) is 0. The maximum Gasteiger partial charge on any atom is 0.254 e. The summed E-state index contributed by atoms with van der Waals surface area (Å²) in [5.74, 6) is -0.954. The molecule has 2 aromatic carbocycles. The molecule has 0 bridgehead atoms. The Kier molecular flexibility index (Phi) is 5.58. The molecule has 1 aliphatic heterocycles. The average Bonchev–Trinajstić information content (AvgIpc) is 2.69. The van der Waals surface area contributed by atoms with Crippen molar-refractivity contribution in [2.24, 2.45) is 0 Å². The number of likely N-dealkylation sites (N-methyl/N-ethyl adjacent to an activating group) is 1. The summed E-state index contributed by atoms with van der Waals surface area (Å²) in [5.41, 5.74) is 1.57. The molecule has 6 heteroatoms. The summed E-state index contributed by atoms with van der Waals surface area (Å²) in [6, 6.07) is 10.3. The van der Waals surface area contributed by atoms with Gasteiger partial charge in [-0.2, -0.15) is 0 Å². The normalized spacial score (nSPS) is 17.0. The molecule has 0 radical (unpaired) electrons. The van der Waals surface area contributed by atoms with Crippen LogP contribution in [0.3, 0.4) is 0 Å². The standard InChI is InChI=1S/C22H23FN2O3/c1-4-24-10-11-25(14(2)21(24)27)22(28)18-7-5-6-17(12-18)19-13-16(15(3)26)8-9-20(19)23/h5-9,12-14H,4,10-11H2,1-3H3/t14-/m1/s1. The van der Waals surface area contributed by atoms with Crippen LogP contribution in [0.15, 0.2) is 42.5 Å². The van der Waals surface area contributed by atoms with Gasteiger partial charge in [-0.15, -0.1) is 0 Å². The molecule has 1 fully saturated rings. The smallest absolute Gasteiger partial charge is 0.254 e. The van der Waals surface area contributed by atoms with E-state index >= 15 is 0 Å². The van der Waals surface area contributed by atoms with Crippen LogP contribution in [0.4, 0.5) is 4.39 Å². The molecule has 0 spiro atoms. The van der Waals surface area contributed by atoms with E-state index in [0.29, 0.717) is 36.3 Å². The van der Waals surface area contributed by atoms with E-state index < -0.39 is 11.9 Å². The number of carbonyl (C=O) groups is 3. The summed E-state index contributed by atoms with van der Waals surface area (Å²) >= 11 is 0. The van der Waals surface area contributed by atoms with Gasteiger partial charge in [-0.25, -0.2) is 4.39 Å². The van der Waals surface area contributed by atoms with Crippen LogP contribution >= 0.6 is 0 Å². The van der Waals surface area contributed by atoms with Crippen LogP contribution in [-0.4, -0.2) is 53.1 Å².